The third kappa shape index (κ3) is 6.30. The second-order valence-electron chi connectivity index (χ2n) is 6.97. The van der Waals surface area contributed by atoms with Gasteiger partial charge < -0.3 is 19.7 Å². The van der Waals surface area contributed by atoms with Crippen molar-refractivity contribution in [3.8, 4) is 5.75 Å². The van der Waals surface area contributed by atoms with Crippen LogP contribution in [0.4, 0.5) is 4.79 Å². The predicted octanol–water partition coefficient (Wildman–Crippen LogP) is 3.60. The minimum atomic E-state index is -0.661. The lowest BCUT2D eigenvalue weighted by Crippen LogP contribution is -2.50. The molecule has 1 unspecified atom stereocenters. The number of amides is 2. The average molecular weight is 384 g/mol. The maximum absolute atomic E-state index is 12.9. The lowest BCUT2D eigenvalue weighted by Gasteiger charge is -2.27. The fourth-order valence-electron chi connectivity index (χ4n) is 2.73. The molecule has 0 aliphatic rings. The minimum Gasteiger partial charge on any atom is -0.497 e. The molecule has 2 rings (SSSR count). The first-order chi connectivity index (χ1) is 13.4. The fraction of sp³-hybridized carbons (Fsp3) is 0.364. The van der Waals surface area contributed by atoms with Gasteiger partial charge in [0.1, 0.15) is 18.4 Å². The number of rotatable bonds is 8. The average Bonchev–Trinajstić information content (AvgIpc) is 2.71. The van der Waals surface area contributed by atoms with E-state index in [-0.39, 0.29) is 18.4 Å². The van der Waals surface area contributed by atoms with Crippen molar-refractivity contribution in [1.82, 2.24) is 10.2 Å². The molecule has 0 heterocycles. The highest BCUT2D eigenvalue weighted by atomic mass is 16.5. The van der Waals surface area contributed by atoms with E-state index in [2.05, 4.69) is 5.32 Å². The number of methoxy groups -OCH3 is 1. The summed E-state index contributed by atoms with van der Waals surface area (Å²) < 4.78 is 10.4. The molecule has 0 aliphatic heterocycles. The van der Waals surface area contributed by atoms with Crippen LogP contribution < -0.4 is 10.1 Å². The van der Waals surface area contributed by atoms with Crippen LogP contribution >= 0.6 is 0 Å². The van der Waals surface area contributed by atoms with Crippen LogP contribution in [0.2, 0.25) is 0 Å². The molecule has 0 spiro atoms. The van der Waals surface area contributed by atoms with Crippen molar-refractivity contribution in [2.75, 3.05) is 14.2 Å². The molecule has 6 nitrogen and oxygen atoms in total. The number of nitrogens with one attached hydrogen (secondary N) is 1. The summed E-state index contributed by atoms with van der Waals surface area (Å²) in [5, 5.41) is 2.70. The first-order valence-corrected chi connectivity index (χ1v) is 9.26. The standard InChI is InChI=1S/C22H28N2O4/c1-16(2)20(23-22(26)28-15-18-8-6-5-7-9-18)21(25)24(3)14-17-10-12-19(27-4)13-11-17/h5-13,16,20H,14-15H2,1-4H3,(H,23,26). The molecule has 0 bridgehead atoms. The molecule has 0 aliphatic carbocycles. The minimum absolute atomic E-state index is 0.0740. The lowest BCUT2D eigenvalue weighted by atomic mass is 10.0. The highest BCUT2D eigenvalue weighted by molar-refractivity contribution is 5.85. The molecule has 2 amide bonds. The van der Waals surface area contributed by atoms with Gasteiger partial charge in [0.15, 0.2) is 0 Å². The van der Waals surface area contributed by atoms with Gasteiger partial charge in [-0.1, -0.05) is 56.3 Å². The molecule has 0 aromatic heterocycles. The number of likely N-dealkylation sites (N-methyl/N-ethyl adjacent to an activating group) is 1. The van der Waals surface area contributed by atoms with Gasteiger partial charge in [0.25, 0.3) is 0 Å². The molecule has 0 saturated carbocycles. The number of benzene rings is 2. The summed E-state index contributed by atoms with van der Waals surface area (Å²) in [4.78, 5) is 26.6. The molecule has 6 heteroatoms. The first kappa shape index (κ1) is 21.3. The summed E-state index contributed by atoms with van der Waals surface area (Å²) in [5.41, 5.74) is 1.87. The van der Waals surface area contributed by atoms with Crippen LogP contribution in [-0.2, 0) is 22.7 Å². The summed E-state index contributed by atoms with van der Waals surface area (Å²) in [5.74, 6) is 0.526. The predicted molar refractivity (Wildman–Crippen MR) is 108 cm³/mol. The van der Waals surface area contributed by atoms with Crippen LogP contribution in [0.3, 0.4) is 0 Å². The Balaban J connectivity index is 1.93. The fourth-order valence-corrected chi connectivity index (χ4v) is 2.73. The van der Waals surface area contributed by atoms with Crippen molar-refractivity contribution < 1.29 is 19.1 Å². The first-order valence-electron chi connectivity index (χ1n) is 9.26. The van der Waals surface area contributed by atoms with E-state index in [1.165, 1.54) is 0 Å². The Bertz CT molecular complexity index is 760. The van der Waals surface area contributed by atoms with Gasteiger partial charge in [-0.3, -0.25) is 4.79 Å². The molecule has 0 fully saturated rings. The van der Waals surface area contributed by atoms with Gasteiger partial charge >= 0.3 is 6.09 Å². The number of carbonyl (C=O) groups excluding carboxylic acids is 2. The Kier molecular flexibility index (Phi) is 7.87. The van der Waals surface area contributed by atoms with Crippen LogP contribution in [0.5, 0.6) is 5.75 Å². The van der Waals surface area contributed by atoms with Crippen LogP contribution in [0, 0.1) is 5.92 Å². The Morgan fingerprint density at radius 1 is 1.00 bits per heavy atom. The van der Waals surface area contributed by atoms with Crippen LogP contribution in [0.25, 0.3) is 0 Å². The highest BCUT2D eigenvalue weighted by Gasteiger charge is 2.27. The summed E-state index contributed by atoms with van der Waals surface area (Å²) in [6, 6.07) is 16.3. The molecule has 0 saturated heterocycles. The lowest BCUT2D eigenvalue weighted by molar-refractivity contribution is -0.133. The van der Waals surface area contributed by atoms with Gasteiger partial charge in [0, 0.05) is 13.6 Å². The second-order valence-corrected chi connectivity index (χ2v) is 6.97. The van der Waals surface area contributed by atoms with Crippen molar-refractivity contribution in [1.29, 1.82) is 0 Å². The molecule has 28 heavy (non-hydrogen) atoms. The van der Waals surface area contributed by atoms with Gasteiger partial charge in [-0.15, -0.1) is 0 Å². The third-order valence-electron chi connectivity index (χ3n) is 4.37. The van der Waals surface area contributed by atoms with Crippen molar-refractivity contribution in [2.24, 2.45) is 5.92 Å². The van der Waals surface area contributed by atoms with Crippen molar-refractivity contribution in [2.45, 2.75) is 33.0 Å². The summed E-state index contributed by atoms with van der Waals surface area (Å²) in [6.07, 6.45) is -0.603. The maximum Gasteiger partial charge on any atom is 0.408 e. The van der Waals surface area contributed by atoms with E-state index in [1.807, 2.05) is 68.4 Å². The molecular weight excluding hydrogens is 356 g/mol. The number of carbonyl (C=O) groups is 2. The van der Waals surface area contributed by atoms with Gasteiger partial charge in [-0.2, -0.15) is 0 Å². The third-order valence-corrected chi connectivity index (χ3v) is 4.37. The van der Waals surface area contributed by atoms with E-state index >= 15 is 0 Å². The monoisotopic (exact) mass is 384 g/mol. The number of nitrogens with zero attached hydrogens (tertiary/aromatic N) is 1. The van der Waals surface area contributed by atoms with E-state index in [9.17, 15) is 9.59 Å². The molecule has 150 valence electrons. The SMILES string of the molecule is COc1ccc(CN(C)C(=O)C(NC(=O)OCc2ccccc2)C(C)C)cc1. The van der Waals surface area contributed by atoms with E-state index in [1.54, 1.807) is 19.1 Å². The Morgan fingerprint density at radius 2 is 1.64 bits per heavy atom. The van der Waals surface area contributed by atoms with Crippen LogP contribution in [0.15, 0.2) is 54.6 Å². The molecule has 1 atom stereocenters. The van der Waals surface area contributed by atoms with Gasteiger partial charge in [-0.25, -0.2) is 4.79 Å². The van der Waals surface area contributed by atoms with Gasteiger partial charge in [0.2, 0.25) is 5.91 Å². The van der Waals surface area contributed by atoms with E-state index in [4.69, 9.17) is 9.47 Å². The van der Waals surface area contributed by atoms with Gasteiger partial charge in [-0.05, 0) is 29.2 Å². The highest BCUT2D eigenvalue weighted by Crippen LogP contribution is 2.14. The zero-order valence-corrected chi connectivity index (χ0v) is 16.8. The van der Waals surface area contributed by atoms with Crippen molar-refractivity contribution >= 4 is 12.0 Å². The Labute approximate surface area is 166 Å². The van der Waals surface area contributed by atoms with Crippen LogP contribution in [-0.4, -0.2) is 37.1 Å². The largest absolute Gasteiger partial charge is 0.497 e. The zero-order valence-electron chi connectivity index (χ0n) is 16.8. The van der Waals surface area contributed by atoms with E-state index < -0.39 is 12.1 Å². The van der Waals surface area contributed by atoms with E-state index in [0.29, 0.717) is 6.54 Å². The quantitative estimate of drug-likeness (QED) is 0.755. The van der Waals surface area contributed by atoms with Gasteiger partial charge in [0.05, 0.1) is 7.11 Å². The Morgan fingerprint density at radius 3 is 2.21 bits per heavy atom. The number of hydrogen-bond acceptors (Lipinski definition) is 4. The molecular formula is C22H28N2O4. The molecule has 1 N–H and O–H groups in total. The second kappa shape index (κ2) is 10.3. The topological polar surface area (TPSA) is 67.9 Å². The Hall–Kier alpha value is -3.02. The number of ether oxygens (including phenoxy) is 2. The summed E-state index contributed by atoms with van der Waals surface area (Å²) in [7, 11) is 3.33. The maximum atomic E-state index is 12.9. The van der Waals surface area contributed by atoms with Crippen molar-refractivity contribution in [3.63, 3.8) is 0 Å². The smallest absolute Gasteiger partial charge is 0.408 e. The van der Waals surface area contributed by atoms with Crippen molar-refractivity contribution in [3.05, 3.63) is 65.7 Å². The normalized spacial score (nSPS) is 11.6. The van der Waals surface area contributed by atoms with E-state index in [0.717, 1.165) is 16.9 Å². The van der Waals surface area contributed by atoms with Crippen LogP contribution in [0.1, 0.15) is 25.0 Å². The summed E-state index contributed by atoms with van der Waals surface area (Å²) in [6.45, 7) is 4.38. The molecule has 2 aromatic rings. The molecule has 2 aromatic carbocycles. The number of hydrogen-bond donors (Lipinski definition) is 1. The molecule has 0 radical (unpaired) electrons. The zero-order chi connectivity index (χ0) is 20.5. The summed E-state index contributed by atoms with van der Waals surface area (Å²) >= 11 is 0. The number of alkyl carbamates (subject to hydrolysis) is 1.